The second-order valence-corrected chi connectivity index (χ2v) is 8.45. The van der Waals surface area contributed by atoms with Gasteiger partial charge in [0.25, 0.3) is 11.7 Å². The van der Waals surface area contributed by atoms with Crippen LogP contribution in [0, 0.1) is 6.92 Å². The number of rotatable bonds is 4. The fraction of sp³-hybridized carbons (Fsp3) is 0.333. The summed E-state index contributed by atoms with van der Waals surface area (Å²) in [5, 5.41) is 20.4. The molecule has 29 heavy (non-hydrogen) atoms. The number of amides is 1. The molecule has 0 saturated carbocycles. The van der Waals surface area contributed by atoms with Gasteiger partial charge in [-0.3, -0.25) is 9.59 Å². The van der Waals surface area contributed by atoms with E-state index in [1.54, 1.807) is 12.1 Å². The highest BCUT2D eigenvalue weighted by molar-refractivity contribution is 6.46. The number of likely N-dealkylation sites (tertiary alicyclic amines) is 1. The zero-order chi connectivity index (χ0) is 21.3. The summed E-state index contributed by atoms with van der Waals surface area (Å²) in [5.41, 5.74) is 3.37. The van der Waals surface area contributed by atoms with Gasteiger partial charge in [0.15, 0.2) is 0 Å². The lowest BCUT2D eigenvalue weighted by molar-refractivity contribution is -0.140. The Labute approximate surface area is 171 Å². The molecule has 0 spiro atoms. The van der Waals surface area contributed by atoms with Gasteiger partial charge in [0.05, 0.1) is 18.2 Å². The SMILES string of the molecule is Cc1ccc(/C(O)=C2/C(=O)C(=O)N(CCO)C2c2ccc(C(C)(C)C)cc2)cc1. The lowest BCUT2D eigenvalue weighted by Gasteiger charge is -2.26. The molecule has 1 heterocycles. The number of carbonyl (C=O) groups excluding carboxylic acids is 2. The van der Waals surface area contributed by atoms with Crippen LogP contribution < -0.4 is 0 Å². The molecule has 1 aliphatic heterocycles. The molecule has 152 valence electrons. The van der Waals surface area contributed by atoms with Crippen molar-refractivity contribution in [2.24, 2.45) is 0 Å². The largest absolute Gasteiger partial charge is 0.507 e. The van der Waals surface area contributed by atoms with E-state index in [0.29, 0.717) is 5.56 Å². The highest BCUT2D eigenvalue weighted by Gasteiger charge is 2.45. The van der Waals surface area contributed by atoms with E-state index in [1.165, 1.54) is 4.90 Å². The Kier molecular flexibility index (Phi) is 5.62. The number of ketones is 1. The Hall–Kier alpha value is -2.92. The molecule has 0 radical (unpaired) electrons. The summed E-state index contributed by atoms with van der Waals surface area (Å²) < 4.78 is 0. The van der Waals surface area contributed by atoms with Crippen LogP contribution in [0.2, 0.25) is 0 Å². The van der Waals surface area contributed by atoms with E-state index in [2.05, 4.69) is 20.8 Å². The van der Waals surface area contributed by atoms with Gasteiger partial charge >= 0.3 is 0 Å². The molecule has 2 N–H and O–H groups in total. The molecule has 0 aliphatic carbocycles. The average molecular weight is 393 g/mol. The molecular weight excluding hydrogens is 366 g/mol. The lowest BCUT2D eigenvalue weighted by Crippen LogP contribution is -2.32. The fourth-order valence-electron chi connectivity index (χ4n) is 3.60. The van der Waals surface area contributed by atoms with E-state index in [9.17, 15) is 19.8 Å². The van der Waals surface area contributed by atoms with Crippen LogP contribution in [0.4, 0.5) is 0 Å². The van der Waals surface area contributed by atoms with Gasteiger partial charge in [0.1, 0.15) is 5.76 Å². The van der Waals surface area contributed by atoms with Crippen molar-refractivity contribution in [1.82, 2.24) is 4.90 Å². The van der Waals surface area contributed by atoms with Crippen LogP contribution in [-0.2, 0) is 15.0 Å². The standard InChI is InChI=1S/C24H27NO4/c1-15-5-7-17(8-6-15)21(27)19-20(25(13-14-26)23(29)22(19)28)16-9-11-18(12-10-16)24(2,3)4/h5-12,20,26-27H,13-14H2,1-4H3/b21-19-. The van der Waals surface area contributed by atoms with E-state index in [0.717, 1.165) is 16.7 Å². The normalized spacial score (nSPS) is 19.1. The van der Waals surface area contributed by atoms with Crippen molar-refractivity contribution in [1.29, 1.82) is 0 Å². The number of benzene rings is 2. The molecule has 3 rings (SSSR count). The van der Waals surface area contributed by atoms with Crippen LogP contribution in [0.3, 0.4) is 0 Å². The van der Waals surface area contributed by atoms with Crippen molar-refractivity contribution in [3.8, 4) is 0 Å². The van der Waals surface area contributed by atoms with E-state index in [1.807, 2.05) is 43.3 Å². The third-order valence-corrected chi connectivity index (χ3v) is 5.30. The molecule has 5 nitrogen and oxygen atoms in total. The first-order valence-corrected chi connectivity index (χ1v) is 9.72. The van der Waals surface area contributed by atoms with Crippen LogP contribution in [0.15, 0.2) is 54.1 Å². The molecule has 1 fully saturated rings. The minimum atomic E-state index is -0.738. The highest BCUT2D eigenvalue weighted by atomic mass is 16.3. The monoisotopic (exact) mass is 393 g/mol. The molecule has 5 heteroatoms. The van der Waals surface area contributed by atoms with Gasteiger partial charge in [-0.05, 0) is 23.5 Å². The molecule has 2 aromatic rings. The Morgan fingerprint density at radius 1 is 1.00 bits per heavy atom. The smallest absolute Gasteiger partial charge is 0.295 e. The summed E-state index contributed by atoms with van der Waals surface area (Å²) in [5.74, 6) is -1.65. The minimum Gasteiger partial charge on any atom is -0.507 e. The average Bonchev–Trinajstić information content (AvgIpc) is 2.93. The summed E-state index contributed by atoms with van der Waals surface area (Å²) in [4.78, 5) is 26.7. The zero-order valence-corrected chi connectivity index (χ0v) is 17.3. The van der Waals surface area contributed by atoms with Crippen molar-refractivity contribution in [2.45, 2.75) is 39.2 Å². The number of aliphatic hydroxyl groups excluding tert-OH is 2. The molecule has 0 aromatic heterocycles. The first-order valence-electron chi connectivity index (χ1n) is 9.72. The first-order chi connectivity index (χ1) is 13.6. The van der Waals surface area contributed by atoms with Crippen molar-refractivity contribution >= 4 is 17.4 Å². The molecule has 0 bridgehead atoms. The van der Waals surface area contributed by atoms with Crippen LogP contribution in [0.5, 0.6) is 0 Å². The molecule has 1 saturated heterocycles. The number of hydrogen-bond donors (Lipinski definition) is 2. The summed E-state index contributed by atoms with van der Waals surface area (Å²) in [6.07, 6.45) is 0. The maximum absolute atomic E-state index is 12.8. The van der Waals surface area contributed by atoms with Gasteiger partial charge in [-0.2, -0.15) is 0 Å². The minimum absolute atomic E-state index is 0.0148. The summed E-state index contributed by atoms with van der Waals surface area (Å²) in [6.45, 7) is 8.00. The molecule has 2 aromatic carbocycles. The highest BCUT2D eigenvalue weighted by Crippen LogP contribution is 2.39. The quantitative estimate of drug-likeness (QED) is 0.472. The Morgan fingerprint density at radius 3 is 2.10 bits per heavy atom. The van der Waals surface area contributed by atoms with E-state index < -0.39 is 17.7 Å². The Bertz CT molecular complexity index is 950. The van der Waals surface area contributed by atoms with E-state index in [-0.39, 0.29) is 29.9 Å². The zero-order valence-electron chi connectivity index (χ0n) is 17.3. The number of carbonyl (C=O) groups is 2. The summed E-state index contributed by atoms with van der Waals surface area (Å²) in [7, 11) is 0. The molecule has 1 unspecified atom stereocenters. The molecule has 1 atom stereocenters. The number of nitrogens with zero attached hydrogens (tertiary/aromatic N) is 1. The third-order valence-electron chi connectivity index (χ3n) is 5.30. The van der Waals surface area contributed by atoms with Crippen molar-refractivity contribution in [3.05, 3.63) is 76.4 Å². The maximum Gasteiger partial charge on any atom is 0.295 e. The number of β-amino-alcohol motifs (C(OH)–C–C–N with tert-alkyl or cyclic N) is 1. The predicted octanol–water partition coefficient (Wildman–Crippen LogP) is 3.71. The van der Waals surface area contributed by atoms with E-state index in [4.69, 9.17) is 0 Å². The van der Waals surface area contributed by atoms with Gasteiger partial charge in [-0.15, -0.1) is 0 Å². The second-order valence-electron chi connectivity index (χ2n) is 8.45. The van der Waals surface area contributed by atoms with Crippen molar-refractivity contribution in [3.63, 3.8) is 0 Å². The number of Topliss-reactive ketones (excluding diaryl/α,β-unsaturated/α-hetero) is 1. The number of aryl methyl sites for hydroxylation is 1. The second kappa shape index (κ2) is 7.84. The summed E-state index contributed by atoms with van der Waals surface area (Å²) >= 11 is 0. The van der Waals surface area contributed by atoms with Crippen LogP contribution >= 0.6 is 0 Å². The lowest BCUT2D eigenvalue weighted by atomic mass is 9.85. The number of aliphatic hydroxyl groups is 2. The topological polar surface area (TPSA) is 77.8 Å². The Morgan fingerprint density at radius 2 is 1.59 bits per heavy atom. The van der Waals surface area contributed by atoms with Crippen LogP contribution in [-0.4, -0.2) is 40.0 Å². The summed E-state index contributed by atoms with van der Waals surface area (Å²) in [6, 6.07) is 14.1. The van der Waals surface area contributed by atoms with Gasteiger partial charge in [0, 0.05) is 12.1 Å². The van der Waals surface area contributed by atoms with Gasteiger partial charge in [0.2, 0.25) is 0 Å². The van der Waals surface area contributed by atoms with Gasteiger partial charge in [-0.25, -0.2) is 0 Å². The van der Waals surface area contributed by atoms with Gasteiger partial charge < -0.3 is 15.1 Å². The molecule has 1 amide bonds. The Balaban J connectivity index is 2.14. The molecule has 1 aliphatic rings. The third kappa shape index (κ3) is 3.96. The van der Waals surface area contributed by atoms with Crippen LogP contribution in [0.1, 0.15) is 49.1 Å². The van der Waals surface area contributed by atoms with Gasteiger partial charge in [-0.1, -0.05) is 74.9 Å². The first kappa shape index (κ1) is 20.8. The molecular formula is C24H27NO4. The number of hydrogen-bond acceptors (Lipinski definition) is 4. The van der Waals surface area contributed by atoms with E-state index >= 15 is 0 Å². The predicted molar refractivity (Wildman–Crippen MR) is 112 cm³/mol. The van der Waals surface area contributed by atoms with Crippen molar-refractivity contribution < 1.29 is 19.8 Å². The maximum atomic E-state index is 12.8. The van der Waals surface area contributed by atoms with Crippen molar-refractivity contribution in [2.75, 3.05) is 13.2 Å². The van der Waals surface area contributed by atoms with Crippen LogP contribution in [0.25, 0.3) is 5.76 Å². The fourth-order valence-corrected chi connectivity index (χ4v) is 3.60.